The number of rotatable bonds is 3. The van der Waals surface area contributed by atoms with Gasteiger partial charge in [-0.05, 0) is 56.2 Å². The highest BCUT2D eigenvalue weighted by Gasteiger charge is 2.41. The van der Waals surface area contributed by atoms with E-state index in [1.807, 2.05) is 31.2 Å². The molecule has 0 aromatic heterocycles. The minimum atomic E-state index is -0.777. The Morgan fingerprint density at radius 1 is 1.39 bits per heavy atom. The van der Waals surface area contributed by atoms with Crippen molar-refractivity contribution in [1.29, 1.82) is 0 Å². The zero-order chi connectivity index (χ0) is 13.2. The van der Waals surface area contributed by atoms with Crippen LogP contribution in [-0.2, 0) is 4.79 Å². The van der Waals surface area contributed by atoms with Crippen molar-refractivity contribution in [3.63, 3.8) is 0 Å². The predicted molar refractivity (Wildman–Crippen MR) is 72.8 cm³/mol. The molecule has 0 atom stereocenters. The maximum atomic E-state index is 11.6. The lowest BCUT2D eigenvalue weighted by Gasteiger charge is -2.37. The molecule has 1 fully saturated rings. The monoisotopic (exact) mass is 247 g/mol. The quantitative estimate of drug-likeness (QED) is 0.860. The first-order chi connectivity index (χ1) is 8.52. The molecule has 0 heterocycles. The van der Waals surface area contributed by atoms with Crippen molar-refractivity contribution in [1.82, 2.24) is 0 Å². The van der Waals surface area contributed by atoms with E-state index in [0.29, 0.717) is 18.8 Å². The molecule has 1 aromatic carbocycles. The molecule has 0 spiro atoms. The highest BCUT2D eigenvalue weighted by Crippen LogP contribution is 2.35. The van der Waals surface area contributed by atoms with Crippen LogP contribution in [0.3, 0.4) is 0 Å². The Labute approximate surface area is 108 Å². The van der Waals surface area contributed by atoms with Crippen molar-refractivity contribution >= 4 is 11.7 Å². The first-order valence-electron chi connectivity index (χ1n) is 6.60. The molecule has 0 amide bonds. The molecule has 0 bridgehead atoms. The van der Waals surface area contributed by atoms with E-state index in [-0.39, 0.29) is 0 Å². The molecule has 0 radical (unpaired) electrons. The van der Waals surface area contributed by atoms with Gasteiger partial charge in [0.05, 0.1) is 0 Å². The molecular weight excluding hydrogens is 226 g/mol. The summed E-state index contributed by atoms with van der Waals surface area (Å²) < 4.78 is 0. The van der Waals surface area contributed by atoms with Gasteiger partial charge in [-0.15, -0.1) is 0 Å². The largest absolute Gasteiger partial charge is 0.480 e. The number of nitrogens with one attached hydrogen (secondary N) is 1. The number of benzene rings is 1. The number of carboxylic acid groups (broad SMARTS) is 1. The first-order valence-corrected chi connectivity index (χ1v) is 6.60. The standard InChI is InChI=1S/C15H21NO2/c1-11-6-8-15(9-7-11,14(17)18)16-13-5-3-4-12(2)10-13/h3-5,10-11,16H,6-9H2,1-2H3,(H,17,18). The lowest BCUT2D eigenvalue weighted by atomic mass is 9.77. The van der Waals surface area contributed by atoms with Crippen molar-refractivity contribution in [2.45, 2.75) is 45.1 Å². The minimum Gasteiger partial charge on any atom is -0.480 e. The molecular formula is C15H21NO2. The second-order valence-electron chi connectivity index (χ2n) is 5.56. The summed E-state index contributed by atoms with van der Waals surface area (Å²) in [5.74, 6) is -0.0901. The summed E-state index contributed by atoms with van der Waals surface area (Å²) >= 11 is 0. The lowest BCUT2D eigenvalue weighted by Crippen LogP contribution is -2.48. The molecule has 0 saturated heterocycles. The van der Waals surface area contributed by atoms with Crippen LogP contribution in [0.1, 0.15) is 38.2 Å². The van der Waals surface area contributed by atoms with Crippen molar-refractivity contribution in [3.8, 4) is 0 Å². The van der Waals surface area contributed by atoms with Gasteiger partial charge in [0.15, 0.2) is 0 Å². The fourth-order valence-corrected chi connectivity index (χ4v) is 2.65. The van der Waals surface area contributed by atoms with E-state index in [4.69, 9.17) is 0 Å². The minimum absolute atomic E-state index is 0.636. The summed E-state index contributed by atoms with van der Waals surface area (Å²) in [6, 6.07) is 7.92. The molecule has 1 saturated carbocycles. The SMILES string of the molecule is Cc1cccc(NC2(C(=O)O)CCC(C)CC2)c1. The van der Waals surface area contributed by atoms with Crippen molar-refractivity contribution < 1.29 is 9.90 Å². The highest BCUT2D eigenvalue weighted by atomic mass is 16.4. The van der Waals surface area contributed by atoms with Gasteiger partial charge in [0.2, 0.25) is 0 Å². The highest BCUT2D eigenvalue weighted by molar-refractivity contribution is 5.83. The molecule has 1 aliphatic rings. The number of aryl methyl sites for hydroxylation is 1. The van der Waals surface area contributed by atoms with E-state index in [2.05, 4.69) is 12.2 Å². The van der Waals surface area contributed by atoms with Gasteiger partial charge in [0, 0.05) is 5.69 Å². The van der Waals surface area contributed by atoms with Crippen LogP contribution in [0.4, 0.5) is 5.69 Å². The summed E-state index contributed by atoms with van der Waals surface area (Å²) in [6.45, 7) is 4.21. The molecule has 1 aromatic rings. The van der Waals surface area contributed by atoms with Crippen LogP contribution < -0.4 is 5.32 Å². The van der Waals surface area contributed by atoms with Crippen LogP contribution in [0.25, 0.3) is 0 Å². The average Bonchev–Trinajstić information content (AvgIpc) is 2.32. The summed E-state index contributed by atoms with van der Waals surface area (Å²) in [5, 5.41) is 12.8. The maximum Gasteiger partial charge on any atom is 0.329 e. The normalized spacial score (nSPS) is 27.8. The molecule has 18 heavy (non-hydrogen) atoms. The van der Waals surface area contributed by atoms with Crippen molar-refractivity contribution in [2.75, 3.05) is 5.32 Å². The second kappa shape index (κ2) is 5.01. The zero-order valence-corrected chi connectivity index (χ0v) is 11.1. The molecule has 3 nitrogen and oxygen atoms in total. The molecule has 0 unspecified atom stereocenters. The summed E-state index contributed by atoms with van der Waals surface area (Å²) in [4.78, 5) is 11.6. The third-order valence-corrected chi connectivity index (χ3v) is 3.94. The smallest absolute Gasteiger partial charge is 0.329 e. The summed E-state index contributed by atoms with van der Waals surface area (Å²) in [6.07, 6.45) is 3.37. The number of anilines is 1. The van der Waals surface area contributed by atoms with Crippen molar-refractivity contribution in [3.05, 3.63) is 29.8 Å². The van der Waals surface area contributed by atoms with Crippen LogP contribution in [-0.4, -0.2) is 16.6 Å². The van der Waals surface area contributed by atoms with Gasteiger partial charge < -0.3 is 10.4 Å². The Morgan fingerprint density at radius 2 is 2.06 bits per heavy atom. The lowest BCUT2D eigenvalue weighted by molar-refractivity contribution is -0.143. The Hall–Kier alpha value is -1.51. The molecule has 98 valence electrons. The fourth-order valence-electron chi connectivity index (χ4n) is 2.65. The summed E-state index contributed by atoms with van der Waals surface area (Å²) in [7, 11) is 0. The Kier molecular flexibility index (Phi) is 3.60. The topological polar surface area (TPSA) is 49.3 Å². The van der Waals surface area contributed by atoms with Crippen LogP contribution in [0, 0.1) is 12.8 Å². The zero-order valence-electron chi connectivity index (χ0n) is 11.1. The van der Waals surface area contributed by atoms with E-state index in [9.17, 15) is 9.90 Å². The van der Waals surface area contributed by atoms with Crippen LogP contribution in [0.15, 0.2) is 24.3 Å². The van der Waals surface area contributed by atoms with Gasteiger partial charge in [-0.2, -0.15) is 0 Å². The average molecular weight is 247 g/mol. The van der Waals surface area contributed by atoms with E-state index >= 15 is 0 Å². The van der Waals surface area contributed by atoms with Crippen LogP contribution >= 0.6 is 0 Å². The number of carbonyl (C=O) groups is 1. The van der Waals surface area contributed by atoms with Gasteiger partial charge in [0.25, 0.3) is 0 Å². The maximum absolute atomic E-state index is 11.6. The van der Waals surface area contributed by atoms with E-state index < -0.39 is 11.5 Å². The van der Waals surface area contributed by atoms with Gasteiger partial charge in [-0.1, -0.05) is 19.1 Å². The molecule has 2 N–H and O–H groups in total. The van der Waals surface area contributed by atoms with Gasteiger partial charge in [-0.25, -0.2) is 4.79 Å². The Morgan fingerprint density at radius 3 is 2.61 bits per heavy atom. The molecule has 2 rings (SSSR count). The third kappa shape index (κ3) is 2.66. The Bertz CT molecular complexity index is 434. The Balaban J connectivity index is 2.19. The fraction of sp³-hybridized carbons (Fsp3) is 0.533. The number of hydrogen-bond donors (Lipinski definition) is 2. The number of hydrogen-bond acceptors (Lipinski definition) is 2. The molecule has 3 heteroatoms. The van der Waals surface area contributed by atoms with E-state index in [1.54, 1.807) is 0 Å². The van der Waals surface area contributed by atoms with E-state index in [1.165, 1.54) is 0 Å². The van der Waals surface area contributed by atoms with Gasteiger partial charge in [0.1, 0.15) is 5.54 Å². The number of aliphatic carboxylic acids is 1. The van der Waals surface area contributed by atoms with Gasteiger partial charge >= 0.3 is 5.97 Å². The van der Waals surface area contributed by atoms with Gasteiger partial charge in [-0.3, -0.25) is 0 Å². The predicted octanol–water partition coefficient (Wildman–Crippen LogP) is 3.44. The third-order valence-electron chi connectivity index (χ3n) is 3.94. The van der Waals surface area contributed by atoms with E-state index in [0.717, 1.165) is 24.1 Å². The van der Waals surface area contributed by atoms with Crippen LogP contribution in [0.5, 0.6) is 0 Å². The molecule has 1 aliphatic carbocycles. The second-order valence-corrected chi connectivity index (χ2v) is 5.56. The van der Waals surface area contributed by atoms with Crippen molar-refractivity contribution in [2.24, 2.45) is 5.92 Å². The van der Waals surface area contributed by atoms with Crippen LogP contribution in [0.2, 0.25) is 0 Å². The summed E-state index contributed by atoms with van der Waals surface area (Å²) in [5.41, 5.74) is 1.27. The molecule has 0 aliphatic heterocycles. The first kappa shape index (κ1) is 12.9. The number of carboxylic acids is 1.